The molecule has 34 heavy (non-hydrogen) atoms. The molecular formula is C26H31Cl2FN4O. The minimum atomic E-state index is -0.245. The van der Waals surface area contributed by atoms with E-state index >= 15 is 0 Å². The van der Waals surface area contributed by atoms with Crippen LogP contribution in [0, 0.1) is 12.7 Å². The molecule has 0 aliphatic carbocycles. The lowest BCUT2D eigenvalue weighted by Crippen LogP contribution is -2.44. The summed E-state index contributed by atoms with van der Waals surface area (Å²) in [5.41, 5.74) is 3.77. The topological polar surface area (TPSA) is 41.4 Å². The van der Waals surface area contributed by atoms with Crippen LogP contribution in [0.5, 0.6) is 0 Å². The van der Waals surface area contributed by atoms with Crippen LogP contribution in [0.3, 0.4) is 0 Å². The fourth-order valence-electron chi connectivity index (χ4n) is 3.88. The van der Waals surface area contributed by atoms with Gasteiger partial charge in [-0.05, 0) is 49.4 Å². The van der Waals surface area contributed by atoms with Gasteiger partial charge in [-0.1, -0.05) is 42.5 Å². The predicted octanol–water partition coefficient (Wildman–Crippen LogP) is 4.66. The summed E-state index contributed by atoms with van der Waals surface area (Å²) in [6.07, 6.45) is 3.94. The van der Waals surface area contributed by atoms with Crippen LogP contribution < -0.4 is 5.56 Å². The van der Waals surface area contributed by atoms with E-state index < -0.39 is 0 Å². The summed E-state index contributed by atoms with van der Waals surface area (Å²) in [4.78, 5) is 17.8. The highest BCUT2D eigenvalue weighted by atomic mass is 35.5. The Hall–Kier alpha value is -2.51. The number of rotatable bonds is 6. The summed E-state index contributed by atoms with van der Waals surface area (Å²) in [6, 6.07) is 16.8. The molecule has 1 saturated heterocycles. The molecule has 1 aliphatic rings. The van der Waals surface area contributed by atoms with E-state index in [1.54, 1.807) is 19.1 Å². The zero-order valence-electron chi connectivity index (χ0n) is 19.5. The van der Waals surface area contributed by atoms with Crippen molar-refractivity contribution in [2.75, 3.05) is 33.2 Å². The molecule has 0 atom stereocenters. The molecule has 5 nitrogen and oxygen atoms in total. The van der Waals surface area contributed by atoms with Crippen LogP contribution in [-0.4, -0.2) is 52.8 Å². The second-order valence-electron chi connectivity index (χ2n) is 8.40. The van der Waals surface area contributed by atoms with Crippen molar-refractivity contribution in [3.63, 3.8) is 0 Å². The molecule has 2 heterocycles. The van der Waals surface area contributed by atoms with Crippen LogP contribution in [0.1, 0.15) is 16.7 Å². The lowest BCUT2D eigenvalue weighted by atomic mass is 10.1. The van der Waals surface area contributed by atoms with Crippen molar-refractivity contribution >= 4 is 30.9 Å². The van der Waals surface area contributed by atoms with E-state index in [1.165, 1.54) is 10.7 Å². The number of aryl methyl sites for hydroxylation is 1. The molecule has 0 bridgehead atoms. The summed E-state index contributed by atoms with van der Waals surface area (Å²) in [5, 5.41) is 4.61. The van der Waals surface area contributed by atoms with Gasteiger partial charge in [0.1, 0.15) is 5.82 Å². The van der Waals surface area contributed by atoms with Crippen molar-refractivity contribution in [3.05, 3.63) is 93.5 Å². The minimum absolute atomic E-state index is 0. The summed E-state index contributed by atoms with van der Waals surface area (Å²) >= 11 is 0. The number of aromatic nitrogens is 2. The summed E-state index contributed by atoms with van der Waals surface area (Å²) in [7, 11) is 2.12. The van der Waals surface area contributed by atoms with Crippen LogP contribution in [0.4, 0.5) is 4.39 Å². The number of allylic oxidation sites excluding steroid dienone is 1. The first-order valence-electron chi connectivity index (χ1n) is 11.0. The Morgan fingerprint density at radius 2 is 1.71 bits per heavy atom. The van der Waals surface area contributed by atoms with Crippen molar-refractivity contribution in [1.29, 1.82) is 0 Å². The third kappa shape index (κ3) is 7.00. The van der Waals surface area contributed by atoms with Crippen molar-refractivity contribution in [2.45, 2.75) is 20.0 Å². The number of piperazine rings is 1. The predicted molar refractivity (Wildman–Crippen MR) is 141 cm³/mol. The SMILES string of the molecule is Cc1cc(-c2cc(CN3CCN(C)CC3)c(=O)n(C/C=C/c3ccccc3)n2)ccc1F.Cl.Cl. The zero-order chi connectivity index (χ0) is 22.5. The molecular weight excluding hydrogens is 474 g/mol. The lowest BCUT2D eigenvalue weighted by Gasteiger charge is -2.32. The smallest absolute Gasteiger partial charge is 0.271 e. The molecule has 182 valence electrons. The second kappa shape index (κ2) is 12.8. The van der Waals surface area contributed by atoms with E-state index in [2.05, 4.69) is 21.9 Å². The van der Waals surface area contributed by atoms with Crippen molar-refractivity contribution in [1.82, 2.24) is 19.6 Å². The van der Waals surface area contributed by atoms with E-state index in [-0.39, 0.29) is 36.2 Å². The Balaban J connectivity index is 0.00000204. The molecule has 1 aromatic heterocycles. The fourth-order valence-corrected chi connectivity index (χ4v) is 3.88. The summed E-state index contributed by atoms with van der Waals surface area (Å²) in [6.45, 7) is 6.53. The lowest BCUT2D eigenvalue weighted by molar-refractivity contribution is 0.147. The Labute approximate surface area is 212 Å². The molecule has 0 radical (unpaired) electrons. The molecule has 0 spiro atoms. The number of likely N-dealkylation sites (N-methyl/N-ethyl adjacent to an activating group) is 1. The number of benzene rings is 2. The van der Waals surface area contributed by atoms with Gasteiger partial charge in [-0.15, -0.1) is 24.8 Å². The average molecular weight is 505 g/mol. The van der Waals surface area contributed by atoms with Crippen LogP contribution >= 0.6 is 24.8 Å². The Bertz CT molecular complexity index is 1160. The molecule has 1 fully saturated rings. The van der Waals surface area contributed by atoms with Gasteiger partial charge in [-0.2, -0.15) is 5.10 Å². The van der Waals surface area contributed by atoms with Gasteiger partial charge < -0.3 is 4.90 Å². The standard InChI is InChI=1S/C26H29FN4O.2ClH/c1-20-17-22(10-11-24(20)27)25-18-23(19-30-15-13-29(2)14-16-30)26(32)31(28-25)12-6-9-21-7-4-3-5-8-21;;/h3-11,17-18H,12-16,19H2,1-2H3;2*1H/b9-6+;;. The maximum atomic E-state index is 13.8. The first-order valence-corrected chi connectivity index (χ1v) is 11.0. The fraction of sp³-hybridized carbons (Fsp3) is 0.308. The van der Waals surface area contributed by atoms with E-state index in [4.69, 9.17) is 0 Å². The van der Waals surface area contributed by atoms with E-state index in [1.807, 2.05) is 48.6 Å². The minimum Gasteiger partial charge on any atom is -0.304 e. The van der Waals surface area contributed by atoms with Gasteiger partial charge in [0, 0.05) is 43.9 Å². The Morgan fingerprint density at radius 1 is 1.00 bits per heavy atom. The maximum Gasteiger partial charge on any atom is 0.271 e. The maximum absolute atomic E-state index is 13.8. The second-order valence-corrected chi connectivity index (χ2v) is 8.40. The molecule has 0 unspecified atom stereocenters. The summed E-state index contributed by atoms with van der Waals surface area (Å²) < 4.78 is 15.3. The van der Waals surface area contributed by atoms with Crippen molar-refractivity contribution < 1.29 is 4.39 Å². The van der Waals surface area contributed by atoms with Gasteiger partial charge >= 0.3 is 0 Å². The first-order chi connectivity index (χ1) is 15.5. The van der Waals surface area contributed by atoms with E-state index in [0.29, 0.717) is 24.3 Å². The largest absolute Gasteiger partial charge is 0.304 e. The Kier molecular flexibility index (Phi) is 10.5. The summed E-state index contributed by atoms with van der Waals surface area (Å²) in [5.74, 6) is -0.245. The van der Waals surface area contributed by atoms with Gasteiger partial charge in [0.15, 0.2) is 0 Å². The zero-order valence-corrected chi connectivity index (χ0v) is 21.1. The highest BCUT2D eigenvalue weighted by Gasteiger charge is 2.17. The van der Waals surface area contributed by atoms with Crippen molar-refractivity contribution in [3.8, 4) is 11.3 Å². The highest BCUT2D eigenvalue weighted by Crippen LogP contribution is 2.20. The highest BCUT2D eigenvalue weighted by molar-refractivity contribution is 5.85. The van der Waals surface area contributed by atoms with Gasteiger partial charge in [-0.3, -0.25) is 9.69 Å². The number of halogens is 3. The molecule has 0 saturated carbocycles. The molecule has 1 aliphatic heterocycles. The molecule has 0 N–H and O–H groups in total. The van der Waals surface area contributed by atoms with Gasteiger partial charge in [0.2, 0.25) is 0 Å². The van der Waals surface area contributed by atoms with Crippen LogP contribution in [0.2, 0.25) is 0 Å². The van der Waals surface area contributed by atoms with Crippen molar-refractivity contribution in [2.24, 2.45) is 0 Å². The van der Waals surface area contributed by atoms with E-state index in [9.17, 15) is 9.18 Å². The third-order valence-corrected chi connectivity index (χ3v) is 5.88. The first kappa shape index (κ1) is 27.7. The number of nitrogens with zero attached hydrogens (tertiary/aromatic N) is 4. The van der Waals surface area contributed by atoms with Crippen LogP contribution in [0.15, 0.2) is 65.5 Å². The Morgan fingerprint density at radius 3 is 2.38 bits per heavy atom. The molecule has 4 rings (SSSR count). The van der Waals surface area contributed by atoms with Gasteiger partial charge in [0.05, 0.1) is 12.2 Å². The van der Waals surface area contributed by atoms with Crippen LogP contribution in [-0.2, 0) is 13.1 Å². The molecule has 2 aromatic carbocycles. The molecule has 0 amide bonds. The molecule has 3 aromatic rings. The third-order valence-electron chi connectivity index (χ3n) is 5.88. The average Bonchev–Trinajstić information content (AvgIpc) is 2.80. The normalized spacial score (nSPS) is 14.6. The van der Waals surface area contributed by atoms with Gasteiger partial charge in [0.25, 0.3) is 5.56 Å². The molecule has 8 heteroatoms. The monoisotopic (exact) mass is 504 g/mol. The van der Waals surface area contributed by atoms with E-state index in [0.717, 1.165) is 42.9 Å². The van der Waals surface area contributed by atoms with Crippen LogP contribution in [0.25, 0.3) is 17.3 Å². The number of hydrogen-bond acceptors (Lipinski definition) is 4. The van der Waals surface area contributed by atoms with Gasteiger partial charge in [-0.25, -0.2) is 9.07 Å². The quantitative estimate of drug-likeness (QED) is 0.489. The number of hydrogen-bond donors (Lipinski definition) is 0.